The fourth-order valence-electron chi connectivity index (χ4n) is 3.08. The molecule has 4 rings (SSSR count). The predicted molar refractivity (Wildman–Crippen MR) is 111 cm³/mol. The van der Waals surface area contributed by atoms with Gasteiger partial charge in [0, 0.05) is 23.4 Å². The number of nitro benzene ring substituents is 1. The normalized spacial score (nSPS) is 11.0. The fraction of sp³-hybridized carbons (Fsp3) is 0.0952. The zero-order valence-corrected chi connectivity index (χ0v) is 16.5. The summed E-state index contributed by atoms with van der Waals surface area (Å²) < 4.78 is 33.4. The number of nitrogens with zero attached hydrogens (tertiary/aromatic N) is 4. The highest BCUT2D eigenvalue weighted by Crippen LogP contribution is 2.28. The van der Waals surface area contributed by atoms with Crippen LogP contribution in [0.2, 0.25) is 0 Å². The number of amides is 1. The van der Waals surface area contributed by atoms with E-state index in [0.717, 1.165) is 10.7 Å². The van der Waals surface area contributed by atoms with Gasteiger partial charge in [0.25, 0.3) is 18.0 Å². The lowest BCUT2D eigenvalue weighted by Crippen LogP contribution is -2.12. The minimum Gasteiger partial charge on any atom is -0.497 e. The third kappa shape index (κ3) is 3.95. The van der Waals surface area contributed by atoms with Crippen molar-refractivity contribution in [2.75, 3.05) is 12.4 Å². The fourth-order valence-corrected chi connectivity index (χ4v) is 3.08. The van der Waals surface area contributed by atoms with Crippen LogP contribution in [0.25, 0.3) is 16.9 Å². The van der Waals surface area contributed by atoms with Crippen molar-refractivity contribution in [1.82, 2.24) is 14.6 Å². The smallest absolute Gasteiger partial charge is 0.280 e. The lowest BCUT2D eigenvalue weighted by atomic mass is 10.1. The Labute approximate surface area is 179 Å². The average molecular weight is 439 g/mol. The number of hydrogen-bond donors (Lipinski definition) is 1. The molecule has 32 heavy (non-hydrogen) atoms. The van der Waals surface area contributed by atoms with Crippen LogP contribution in [-0.2, 0) is 0 Å². The molecule has 2 aromatic carbocycles. The number of rotatable bonds is 6. The molecule has 1 N–H and O–H groups in total. The van der Waals surface area contributed by atoms with Crippen molar-refractivity contribution in [1.29, 1.82) is 0 Å². The van der Waals surface area contributed by atoms with E-state index in [1.807, 2.05) is 0 Å². The van der Waals surface area contributed by atoms with E-state index in [1.165, 1.54) is 37.4 Å². The average Bonchev–Trinajstić information content (AvgIpc) is 3.23. The Morgan fingerprint density at radius 3 is 2.44 bits per heavy atom. The summed E-state index contributed by atoms with van der Waals surface area (Å²) in [6, 6.07) is 13.1. The van der Waals surface area contributed by atoms with E-state index in [-0.39, 0.29) is 22.6 Å². The van der Waals surface area contributed by atoms with Crippen molar-refractivity contribution >= 4 is 22.9 Å². The van der Waals surface area contributed by atoms with Gasteiger partial charge in [0.2, 0.25) is 0 Å². The van der Waals surface area contributed by atoms with E-state index in [1.54, 1.807) is 24.3 Å². The Hall–Kier alpha value is -4.41. The number of aromatic nitrogens is 3. The van der Waals surface area contributed by atoms with Gasteiger partial charge in [-0.2, -0.15) is 5.10 Å². The molecule has 2 heterocycles. The van der Waals surface area contributed by atoms with Crippen molar-refractivity contribution in [2.45, 2.75) is 6.43 Å². The molecule has 0 atom stereocenters. The minimum atomic E-state index is -2.86. The number of nitrogens with one attached hydrogen (secondary N) is 1. The van der Waals surface area contributed by atoms with Crippen molar-refractivity contribution < 1.29 is 23.2 Å². The molecule has 0 saturated carbocycles. The predicted octanol–water partition coefficient (Wildman–Crippen LogP) is 4.50. The molecule has 0 radical (unpaired) electrons. The standard InChI is InChI=1S/C21H15F2N5O4/c1-32-15-8-2-12(3-9-15)17-10-18(19(22)23)27-20(26-17)16(11-24-27)21(29)25-13-4-6-14(7-5-13)28(30)31/h2-11,19H,1H3,(H,25,29). The molecule has 0 fully saturated rings. The van der Waals surface area contributed by atoms with Gasteiger partial charge in [-0.05, 0) is 42.5 Å². The first-order valence-corrected chi connectivity index (χ1v) is 9.24. The monoisotopic (exact) mass is 439 g/mol. The summed E-state index contributed by atoms with van der Waals surface area (Å²) in [5.41, 5.74) is 0.453. The molecular formula is C21H15F2N5O4. The van der Waals surface area contributed by atoms with E-state index in [4.69, 9.17) is 4.74 Å². The highest BCUT2D eigenvalue weighted by Gasteiger charge is 2.22. The van der Waals surface area contributed by atoms with Crippen LogP contribution in [0, 0.1) is 10.1 Å². The molecule has 4 aromatic rings. The van der Waals surface area contributed by atoms with E-state index in [9.17, 15) is 23.7 Å². The Morgan fingerprint density at radius 2 is 1.84 bits per heavy atom. The molecular weight excluding hydrogens is 424 g/mol. The van der Waals surface area contributed by atoms with Crippen molar-refractivity contribution in [3.8, 4) is 17.0 Å². The van der Waals surface area contributed by atoms with E-state index in [2.05, 4.69) is 15.4 Å². The summed E-state index contributed by atoms with van der Waals surface area (Å²) >= 11 is 0. The molecule has 2 aromatic heterocycles. The zero-order chi connectivity index (χ0) is 22.8. The van der Waals surface area contributed by atoms with Crippen LogP contribution in [0.5, 0.6) is 5.75 Å². The highest BCUT2D eigenvalue weighted by atomic mass is 19.3. The van der Waals surface area contributed by atoms with Gasteiger partial charge >= 0.3 is 0 Å². The maximum absolute atomic E-state index is 13.7. The first kappa shape index (κ1) is 20.8. The molecule has 0 aliphatic rings. The number of anilines is 1. The second kappa shape index (κ2) is 8.38. The second-order valence-electron chi connectivity index (χ2n) is 6.65. The third-order valence-electron chi connectivity index (χ3n) is 4.69. The van der Waals surface area contributed by atoms with Gasteiger partial charge in [0.05, 0.1) is 23.9 Å². The van der Waals surface area contributed by atoms with Crippen LogP contribution in [0.15, 0.2) is 60.8 Å². The van der Waals surface area contributed by atoms with Crippen LogP contribution >= 0.6 is 0 Å². The minimum absolute atomic E-state index is 0.0272. The molecule has 0 aliphatic heterocycles. The van der Waals surface area contributed by atoms with Gasteiger partial charge in [-0.15, -0.1) is 0 Å². The van der Waals surface area contributed by atoms with Crippen LogP contribution in [-0.4, -0.2) is 32.5 Å². The van der Waals surface area contributed by atoms with Gasteiger partial charge in [-0.1, -0.05) is 0 Å². The number of benzene rings is 2. The third-order valence-corrected chi connectivity index (χ3v) is 4.69. The number of alkyl halides is 2. The Bertz CT molecular complexity index is 1300. The number of methoxy groups -OCH3 is 1. The highest BCUT2D eigenvalue weighted by molar-refractivity contribution is 6.08. The molecule has 162 valence electrons. The zero-order valence-electron chi connectivity index (χ0n) is 16.5. The van der Waals surface area contributed by atoms with Gasteiger partial charge in [-0.3, -0.25) is 14.9 Å². The maximum atomic E-state index is 13.7. The van der Waals surface area contributed by atoms with Crippen LogP contribution < -0.4 is 10.1 Å². The summed E-state index contributed by atoms with van der Waals surface area (Å²) in [4.78, 5) is 27.4. The van der Waals surface area contributed by atoms with Crippen molar-refractivity contribution in [2.24, 2.45) is 0 Å². The summed E-state index contributed by atoms with van der Waals surface area (Å²) in [6.07, 6.45) is -1.71. The molecule has 0 saturated heterocycles. The number of hydrogen-bond acceptors (Lipinski definition) is 6. The SMILES string of the molecule is COc1ccc(-c2cc(C(F)F)n3ncc(C(=O)Nc4ccc([N+](=O)[O-])cc4)c3n2)cc1. The van der Waals surface area contributed by atoms with E-state index in [0.29, 0.717) is 17.0 Å². The molecule has 0 aliphatic carbocycles. The van der Waals surface area contributed by atoms with Gasteiger partial charge in [0.1, 0.15) is 17.0 Å². The number of non-ortho nitro benzene ring substituents is 1. The number of halogens is 2. The number of carbonyl (C=O) groups is 1. The summed E-state index contributed by atoms with van der Waals surface area (Å²) in [6.45, 7) is 0. The number of fused-ring (bicyclic) bond motifs is 1. The van der Waals surface area contributed by atoms with Crippen LogP contribution in [0.3, 0.4) is 0 Å². The second-order valence-corrected chi connectivity index (χ2v) is 6.65. The van der Waals surface area contributed by atoms with Crippen LogP contribution in [0.1, 0.15) is 22.5 Å². The quantitative estimate of drug-likeness (QED) is 0.350. The molecule has 1 amide bonds. The first-order chi connectivity index (χ1) is 15.4. The largest absolute Gasteiger partial charge is 0.497 e. The lowest BCUT2D eigenvalue weighted by molar-refractivity contribution is -0.384. The molecule has 9 nitrogen and oxygen atoms in total. The van der Waals surface area contributed by atoms with Gasteiger partial charge in [0.15, 0.2) is 5.65 Å². The van der Waals surface area contributed by atoms with Gasteiger partial charge < -0.3 is 10.1 Å². The Morgan fingerprint density at radius 1 is 1.16 bits per heavy atom. The first-order valence-electron chi connectivity index (χ1n) is 9.24. The lowest BCUT2D eigenvalue weighted by Gasteiger charge is -2.09. The summed E-state index contributed by atoms with van der Waals surface area (Å²) in [5.74, 6) is -0.0510. The van der Waals surface area contributed by atoms with E-state index < -0.39 is 22.9 Å². The molecule has 0 unspecified atom stereocenters. The maximum Gasteiger partial charge on any atom is 0.280 e. The number of ether oxygens (including phenoxy) is 1. The molecule has 0 spiro atoms. The summed E-state index contributed by atoms with van der Waals surface area (Å²) in [5, 5.41) is 17.2. The van der Waals surface area contributed by atoms with Gasteiger partial charge in [-0.25, -0.2) is 18.3 Å². The molecule has 0 bridgehead atoms. The van der Waals surface area contributed by atoms with Crippen molar-refractivity contribution in [3.63, 3.8) is 0 Å². The van der Waals surface area contributed by atoms with E-state index >= 15 is 0 Å². The van der Waals surface area contributed by atoms with Crippen LogP contribution in [0.4, 0.5) is 20.2 Å². The number of nitro groups is 1. The van der Waals surface area contributed by atoms with Crippen molar-refractivity contribution in [3.05, 3.63) is 82.2 Å². The topological polar surface area (TPSA) is 112 Å². The Balaban J connectivity index is 1.73. The Kier molecular flexibility index (Phi) is 5.46. The number of carbonyl (C=O) groups excluding carboxylic acids is 1. The molecule has 11 heteroatoms. The summed E-state index contributed by atoms with van der Waals surface area (Å²) in [7, 11) is 1.51.